The molecule has 0 spiro atoms. The number of hydrogen-bond acceptors (Lipinski definition) is 3. The smallest absolute Gasteiger partial charge is 0.264 e. The second-order valence-electron chi connectivity index (χ2n) is 6.94. The van der Waals surface area contributed by atoms with Gasteiger partial charge in [0, 0.05) is 11.4 Å². The molecule has 0 fully saturated rings. The lowest BCUT2D eigenvalue weighted by Crippen LogP contribution is -2.37. The summed E-state index contributed by atoms with van der Waals surface area (Å²) >= 11 is 13.8. The average Bonchev–Trinajstić information content (AvgIpc) is 3.04. The molecule has 2 amide bonds. The van der Waals surface area contributed by atoms with Crippen LogP contribution < -0.4 is 5.32 Å². The van der Waals surface area contributed by atoms with Gasteiger partial charge in [0.05, 0.1) is 20.6 Å². The van der Waals surface area contributed by atoms with E-state index in [-0.39, 0.29) is 18.4 Å². The normalized spacial score (nSPS) is 14.0. The maximum atomic E-state index is 13.0. The second kappa shape index (κ2) is 9.77. The third kappa shape index (κ3) is 5.07. The second-order valence-corrected chi connectivity index (χ2v) is 8.89. The number of carbonyl (C=O) groups is 2. The number of rotatable bonds is 5. The molecule has 3 rings (SSSR count). The van der Waals surface area contributed by atoms with E-state index in [0.29, 0.717) is 22.3 Å². The molecule has 0 saturated carbocycles. The maximum absolute atomic E-state index is 13.0. The number of thiophene rings is 1. The van der Waals surface area contributed by atoms with Crippen LogP contribution in [0.5, 0.6) is 0 Å². The molecule has 1 N–H and O–H groups in total. The van der Waals surface area contributed by atoms with Crippen molar-refractivity contribution in [3.63, 3.8) is 0 Å². The molecule has 0 radical (unpaired) electrons. The van der Waals surface area contributed by atoms with E-state index in [0.717, 1.165) is 17.7 Å². The van der Waals surface area contributed by atoms with E-state index in [2.05, 4.69) is 5.32 Å². The summed E-state index contributed by atoms with van der Waals surface area (Å²) < 4.78 is 0. The average molecular weight is 439 g/mol. The molecule has 1 aromatic carbocycles. The predicted molar refractivity (Wildman–Crippen MR) is 117 cm³/mol. The number of likely N-dealkylation sites (N-methyl/N-ethyl adjacent to an activating group) is 1. The molecule has 0 atom stereocenters. The largest absolute Gasteiger partial charge is 0.329 e. The van der Waals surface area contributed by atoms with Gasteiger partial charge in [0.25, 0.3) is 5.91 Å². The van der Waals surface area contributed by atoms with Crippen molar-refractivity contribution in [2.45, 2.75) is 45.4 Å². The third-order valence-corrected chi connectivity index (χ3v) is 6.79. The first kappa shape index (κ1) is 21.2. The minimum absolute atomic E-state index is 0.0422. The van der Waals surface area contributed by atoms with Crippen LogP contribution in [-0.2, 0) is 17.6 Å². The van der Waals surface area contributed by atoms with Crippen molar-refractivity contribution in [1.82, 2.24) is 4.90 Å². The number of halogens is 2. The number of anilines is 1. The minimum Gasteiger partial charge on any atom is -0.329 e. The van der Waals surface area contributed by atoms with Gasteiger partial charge < -0.3 is 10.2 Å². The Labute approximate surface area is 179 Å². The number of aryl methyl sites for hydroxylation is 2. The number of para-hydroxylation sites is 1. The molecule has 4 nitrogen and oxygen atoms in total. The Morgan fingerprint density at radius 3 is 2.46 bits per heavy atom. The van der Waals surface area contributed by atoms with Crippen molar-refractivity contribution in [2.75, 3.05) is 18.4 Å². The molecule has 1 aliphatic rings. The predicted octanol–water partition coefficient (Wildman–Crippen LogP) is 5.81. The summed E-state index contributed by atoms with van der Waals surface area (Å²) in [5.41, 5.74) is 1.68. The molecular formula is C21H24Cl2N2O2S. The van der Waals surface area contributed by atoms with Gasteiger partial charge in [-0.25, -0.2) is 0 Å². The first-order chi connectivity index (χ1) is 13.5. The van der Waals surface area contributed by atoms with E-state index in [1.807, 2.05) is 13.0 Å². The summed E-state index contributed by atoms with van der Waals surface area (Å²) in [4.78, 5) is 29.1. The Kier molecular flexibility index (Phi) is 7.38. The lowest BCUT2D eigenvalue weighted by molar-refractivity contribution is -0.116. The number of nitrogens with zero attached hydrogens (tertiary/aromatic N) is 1. The first-order valence-corrected chi connectivity index (χ1v) is 11.2. The van der Waals surface area contributed by atoms with Gasteiger partial charge in [-0.3, -0.25) is 9.59 Å². The fourth-order valence-electron chi connectivity index (χ4n) is 3.40. The summed E-state index contributed by atoms with van der Waals surface area (Å²) in [5.74, 6) is -0.417. The van der Waals surface area contributed by atoms with E-state index in [9.17, 15) is 9.59 Å². The standard InChI is InChI=1S/C21H24Cl2N2O2S/c1-2-25(13-19(26)24-20-15(22)9-7-10-16(20)23)21(27)18-12-14-8-5-3-4-6-11-17(14)28-18/h7,9-10,12H,2-6,8,11,13H2,1H3,(H,24,26). The van der Waals surface area contributed by atoms with Crippen LogP contribution in [0.1, 0.15) is 52.7 Å². The van der Waals surface area contributed by atoms with Gasteiger partial charge in [0.15, 0.2) is 0 Å². The fourth-order valence-corrected chi connectivity index (χ4v) is 5.12. The fraction of sp³-hybridized carbons (Fsp3) is 0.429. The highest BCUT2D eigenvalue weighted by atomic mass is 35.5. The molecule has 0 saturated heterocycles. The topological polar surface area (TPSA) is 49.4 Å². The van der Waals surface area contributed by atoms with Crippen molar-refractivity contribution in [3.8, 4) is 0 Å². The maximum Gasteiger partial charge on any atom is 0.264 e. The Morgan fingerprint density at radius 2 is 1.79 bits per heavy atom. The Hall–Kier alpha value is -1.56. The number of carbonyl (C=O) groups excluding carboxylic acids is 2. The zero-order valence-corrected chi connectivity index (χ0v) is 18.2. The van der Waals surface area contributed by atoms with Gasteiger partial charge in [0.2, 0.25) is 5.91 Å². The number of amides is 2. The highest BCUT2D eigenvalue weighted by molar-refractivity contribution is 7.14. The van der Waals surface area contributed by atoms with Crippen LogP contribution in [0.15, 0.2) is 24.3 Å². The molecule has 1 aliphatic carbocycles. The molecule has 7 heteroatoms. The van der Waals surface area contributed by atoms with Gasteiger partial charge in [-0.1, -0.05) is 42.1 Å². The summed E-state index contributed by atoms with van der Waals surface area (Å²) in [5, 5.41) is 3.46. The molecule has 1 heterocycles. The summed E-state index contributed by atoms with van der Waals surface area (Å²) in [7, 11) is 0. The summed E-state index contributed by atoms with van der Waals surface area (Å²) in [6.07, 6.45) is 6.95. The molecular weight excluding hydrogens is 415 g/mol. The minimum atomic E-state index is -0.319. The van der Waals surface area contributed by atoms with Crippen LogP contribution in [0.2, 0.25) is 10.0 Å². The van der Waals surface area contributed by atoms with Gasteiger partial charge in [-0.05, 0) is 56.4 Å². The lowest BCUT2D eigenvalue weighted by atomic mass is 10.00. The van der Waals surface area contributed by atoms with Crippen molar-refractivity contribution in [2.24, 2.45) is 0 Å². The van der Waals surface area contributed by atoms with Gasteiger partial charge >= 0.3 is 0 Å². The zero-order chi connectivity index (χ0) is 20.1. The Morgan fingerprint density at radius 1 is 1.11 bits per heavy atom. The highest BCUT2D eigenvalue weighted by Crippen LogP contribution is 2.31. The molecule has 28 heavy (non-hydrogen) atoms. The van der Waals surface area contributed by atoms with Crippen LogP contribution in [0.4, 0.5) is 5.69 Å². The monoisotopic (exact) mass is 438 g/mol. The van der Waals surface area contributed by atoms with E-state index in [1.165, 1.54) is 36.1 Å². The van der Waals surface area contributed by atoms with Crippen LogP contribution >= 0.6 is 34.5 Å². The summed E-state index contributed by atoms with van der Waals surface area (Å²) in [6, 6.07) is 7.06. The van der Waals surface area contributed by atoms with Crippen molar-refractivity contribution in [3.05, 3.63) is 49.6 Å². The van der Waals surface area contributed by atoms with E-state index in [1.54, 1.807) is 34.4 Å². The van der Waals surface area contributed by atoms with Crippen LogP contribution in [0.25, 0.3) is 0 Å². The van der Waals surface area contributed by atoms with E-state index in [4.69, 9.17) is 23.2 Å². The number of benzene rings is 1. The molecule has 2 aromatic rings. The number of fused-ring (bicyclic) bond motifs is 1. The van der Waals surface area contributed by atoms with Crippen LogP contribution in [0.3, 0.4) is 0 Å². The molecule has 1 aromatic heterocycles. The summed E-state index contributed by atoms with van der Waals surface area (Å²) in [6.45, 7) is 2.28. The SMILES string of the molecule is CCN(CC(=O)Nc1c(Cl)cccc1Cl)C(=O)c1cc2c(s1)CCCCCC2. The highest BCUT2D eigenvalue weighted by Gasteiger charge is 2.22. The first-order valence-electron chi connectivity index (χ1n) is 9.64. The van der Waals surface area contributed by atoms with Crippen molar-refractivity contribution >= 4 is 52.0 Å². The number of nitrogens with one attached hydrogen (secondary N) is 1. The van der Waals surface area contributed by atoms with E-state index < -0.39 is 0 Å². The molecule has 0 bridgehead atoms. The van der Waals surface area contributed by atoms with Gasteiger partial charge in [0.1, 0.15) is 6.54 Å². The molecule has 150 valence electrons. The van der Waals surface area contributed by atoms with Crippen LogP contribution in [0, 0.1) is 0 Å². The molecule has 0 aliphatic heterocycles. The molecule has 0 unspecified atom stereocenters. The lowest BCUT2D eigenvalue weighted by Gasteiger charge is -2.20. The Bertz CT molecular complexity index is 820. The van der Waals surface area contributed by atoms with Gasteiger partial charge in [-0.2, -0.15) is 0 Å². The number of hydrogen-bond donors (Lipinski definition) is 1. The Balaban J connectivity index is 1.70. The van der Waals surface area contributed by atoms with Crippen molar-refractivity contribution < 1.29 is 9.59 Å². The quantitative estimate of drug-likeness (QED) is 0.639. The zero-order valence-electron chi connectivity index (χ0n) is 15.9. The van der Waals surface area contributed by atoms with Crippen LogP contribution in [-0.4, -0.2) is 29.8 Å². The van der Waals surface area contributed by atoms with Gasteiger partial charge in [-0.15, -0.1) is 11.3 Å². The third-order valence-electron chi connectivity index (χ3n) is 4.94. The van der Waals surface area contributed by atoms with E-state index >= 15 is 0 Å². The van der Waals surface area contributed by atoms with Crippen molar-refractivity contribution in [1.29, 1.82) is 0 Å².